The number of nitrogens with zero attached hydrogens (tertiary/aromatic N) is 2. The van der Waals surface area contributed by atoms with Crippen molar-refractivity contribution in [1.29, 1.82) is 0 Å². The first-order valence-corrected chi connectivity index (χ1v) is 7.99. The lowest BCUT2D eigenvalue weighted by atomic mass is 10.0. The Bertz CT molecular complexity index is 783. The van der Waals surface area contributed by atoms with Crippen LogP contribution in [0.4, 0.5) is 8.78 Å². The van der Waals surface area contributed by atoms with Crippen LogP contribution in [-0.4, -0.2) is 34.3 Å². The van der Waals surface area contributed by atoms with Gasteiger partial charge in [0.1, 0.15) is 11.9 Å². The molecule has 3 rings (SSSR count). The molecule has 0 aliphatic carbocycles. The van der Waals surface area contributed by atoms with Gasteiger partial charge < -0.3 is 10.2 Å². The van der Waals surface area contributed by atoms with Gasteiger partial charge in [0.05, 0.1) is 6.20 Å². The highest BCUT2D eigenvalue weighted by Crippen LogP contribution is 2.16. The summed E-state index contributed by atoms with van der Waals surface area (Å²) in [6.07, 6.45) is 1.96. The normalized spacial score (nSPS) is 17.4. The maximum Gasteiger partial charge on any atom is 0.273 e. The summed E-state index contributed by atoms with van der Waals surface area (Å²) in [5.74, 6) is -2.96. The summed E-state index contributed by atoms with van der Waals surface area (Å²) >= 11 is 0. The monoisotopic (exact) mass is 345 g/mol. The van der Waals surface area contributed by atoms with Crippen molar-refractivity contribution in [3.63, 3.8) is 0 Å². The minimum atomic E-state index is -1.05. The number of likely N-dealkylation sites (tertiary alicyclic amines) is 1. The third-order valence-electron chi connectivity index (χ3n) is 4.08. The van der Waals surface area contributed by atoms with E-state index in [1.807, 2.05) is 30.3 Å². The van der Waals surface area contributed by atoms with Crippen molar-refractivity contribution in [3.8, 4) is 0 Å². The van der Waals surface area contributed by atoms with Crippen LogP contribution >= 0.6 is 0 Å². The largest absolute Gasteiger partial charge is 0.339 e. The Morgan fingerprint density at radius 3 is 2.76 bits per heavy atom. The van der Waals surface area contributed by atoms with Gasteiger partial charge in [-0.15, -0.1) is 0 Å². The van der Waals surface area contributed by atoms with Crippen LogP contribution in [0.25, 0.3) is 0 Å². The van der Waals surface area contributed by atoms with E-state index < -0.39 is 29.3 Å². The number of rotatable bonds is 4. The lowest BCUT2D eigenvalue weighted by Gasteiger charge is -2.32. The predicted octanol–water partition coefficient (Wildman–Crippen LogP) is 2.28. The van der Waals surface area contributed by atoms with Crippen molar-refractivity contribution in [1.82, 2.24) is 15.2 Å². The summed E-state index contributed by atoms with van der Waals surface area (Å²) in [7, 11) is 0. The quantitative estimate of drug-likeness (QED) is 0.925. The third kappa shape index (κ3) is 3.99. The number of hydrogen-bond acceptors (Lipinski definition) is 3. The Hall–Kier alpha value is -2.83. The Morgan fingerprint density at radius 2 is 2.04 bits per heavy atom. The van der Waals surface area contributed by atoms with Gasteiger partial charge in [-0.2, -0.15) is 0 Å². The first-order valence-electron chi connectivity index (χ1n) is 7.99. The van der Waals surface area contributed by atoms with Gasteiger partial charge in [-0.05, 0) is 18.4 Å². The standard InChI is InChI=1S/C18H17F2N3O2/c19-13-9-14(20)16(21-10-13)17(24)22-15-7-4-8-23(18(15)25)11-12-5-2-1-3-6-12/h1-3,5-6,9-10,15H,4,7-8,11H2,(H,22,24). The number of halogens is 2. The average Bonchev–Trinajstić information content (AvgIpc) is 2.59. The van der Waals surface area contributed by atoms with Gasteiger partial charge in [-0.1, -0.05) is 30.3 Å². The molecule has 25 heavy (non-hydrogen) atoms. The molecule has 1 N–H and O–H groups in total. The number of nitrogens with one attached hydrogen (secondary N) is 1. The van der Waals surface area contributed by atoms with Crippen molar-refractivity contribution in [2.24, 2.45) is 0 Å². The van der Waals surface area contributed by atoms with E-state index >= 15 is 0 Å². The second-order valence-corrected chi connectivity index (χ2v) is 5.90. The first kappa shape index (κ1) is 17.0. The molecule has 1 aliphatic rings. The molecule has 1 atom stereocenters. The van der Waals surface area contributed by atoms with Gasteiger partial charge >= 0.3 is 0 Å². The van der Waals surface area contributed by atoms with Crippen molar-refractivity contribution in [2.45, 2.75) is 25.4 Å². The smallest absolute Gasteiger partial charge is 0.273 e. The highest BCUT2D eigenvalue weighted by molar-refractivity contribution is 5.96. The fraction of sp³-hybridized carbons (Fsp3) is 0.278. The van der Waals surface area contributed by atoms with Gasteiger partial charge in [-0.25, -0.2) is 13.8 Å². The van der Waals surface area contributed by atoms with E-state index in [-0.39, 0.29) is 5.91 Å². The number of hydrogen-bond donors (Lipinski definition) is 1. The van der Waals surface area contributed by atoms with E-state index in [2.05, 4.69) is 10.3 Å². The van der Waals surface area contributed by atoms with E-state index in [0.29, 0.717) is 25.6 Å². The molecule has 1 aromatic carbocycles. The molecule has 0 saturated carbocycles. The molecule has 130 valence electrons. The van der Waals surface area contributed by atoms with Crippen LogP contribution < -0.4 is 5.32 Å². The highest BCUT2D eigenvalue weighted by atomic mass is 19.1. The van der Waals surface area contributed by atoms with Crippen LogP contribution in [0.5, 0.6) is 0 Å². The van der Waals surface area contributed by atoms with E-state index in [1.165, 1.54) is 0 Å². The second-order valence-electron chi connectivity index (χ2n) is 5.90. The molecular formula is C18H17F2N3O2. The number of aromatic nitrogens is 1. The Balaban J connectivity index is 1.67. The van der Waals surface area contributed by atoms with Crippen LogP contribution in [0.1, 0.15) is 28.9 Å². The van der Waals surface area contributed by atoms with Gasteiger partial charge in [-0.3, -0.25) is 9.59 Å². The lowest BCUT2D eigenvalue weighted by Crippen LogP contribution is -2.52. The summed E-state index contributed by atoms with van der Waals surface area (Å²) in [4.78, 5) is 29.9. The van der Waals surface area contributed by atoms with Crippen molar-refractivity contribution >= 4 is 11.8 Å². The number of piperidine rings is 1. The van der Waals surface area contributed by atoms with E-state index in [1.54, 1.807) is 4.90 Å². The maximum atomic E-state index is 13.7. The van der Waals surface area contributed by atoms with Crippen LogP contribution in [0, 0.1) is 11.6 Å². The fourth-order valence-corrected chi connectivity index (χ4v) is 2.84. The Labute approximate surface area is 143 Å². The van der Waals surface area contributed by atoms with Crippen LogP contribution in [0.15, 0.2) is 42.6 Å². The van der Waals surface area contributed by atoms with Gasteiger partial charge in [0.15, 0.2) is 11.5 Å². The predicted molar refractivity (Wildman–Crippen MR) is 86.5 cm³/mol. The molecule has 5 nitrogen and oxygen atoms in total. The summed E-state index contributed by atoms with van der Waals surface area (Å²) in [6, 6.07) is 9.39. The number of benzene rings is 1. The molecule has 1 saturated heterocycles. The average molecular weight is 345 g/mol. The van der Waals surface area contributed by atoms with Gasteiger partial charge in [0.2, 0.25) is 5.91 Å². The zero-order valence-corrected chi connectivity index (χ0v) is 13.4. The Kier molecular flexibility index (Phi) is 5.02. The SMILES string of the molecule is O=C(NC1CCCN(Cc2ccccc2)C1=O)c1ncc(F)cc1F. The summed E-state index contributed by atoms with van der Waals surface area (Å²) in [5, 5.41) is 2.51. The summed E-state index contributed by atoms with van der Waals surface area (Å²) < 4.78 is 26.6. The highest BCUT2D eigenvalue weighted by Gasteiger charge is 2.31. The zero-order chi connectivity index (χ0) is 17.8. The first-order chi connectivity index (χ1) is 12.0. The molecule has 0 bridgehead atoms. The maximum absolute atomic E-state index is 13.7. The van der Waals surface area contributed by atoms with Gasteiger partial charge in [0, 0.05) is 19.2 Å². The van der Waals surface area contributed by atoms with Crippen molar-refractivity contribution in [2.75, 3.05) is 6.54 Å². The van der Waals surface area contributed by atoms with E-state index in [9.17, 15) is 18.4 Å². The summed E-state index contributed by atoms with van der Waals surface area (Å²) in [6.45, 7) is 1.05. The van der Waals surface area contributed by atoms with Crippen molar-refractivity contribution < 1.29 is 18.4 Å². The molecular weight excluding hydrogens is 328 g/mol. The minimum Gasteiger partial charge on any atom is -0.339 e. The summed E-state index contributed by atoms with van der Waals surface area (Å²) in [5.41, 5.74) is 0.475. The molecule has 0 radical (unpaired) electrons. The molecule has 1 unspecified atom stereocenters. The zero-order valence-electron chi connectivity index (χ0n) is 13.4. The van der Waals surface area contributed by atoms with Gasteiger partial charge in [0.25, 0.3) is 5.91 Å². The van der Waals surface area contributed by atoms with E-state index in [0.717, 1.165) is 18.2 Å². The molecule has 1 fully saturated rings. The molecule has 1 aliphatic heterocycles. The van der Waals surface area contributed by atoms with E-state index in [4.69, 9.17) is 0 Å². The number of carbonyl (C=O) groups excluding carboxylic acids is 2. The lowest BCUT2D eigenvalue weighted by molar-refractivity contribution is -0.136. The third-order valence-corrected chi connectivity index (χ3v) is 4.08. The van der Waals surface area contributed by atoms with Crippen LogP contribution in [0.2, 0.25) is 0 Å². The number of carbonyl (C=O) groups is 2. The number of amides is 2. The Morgan fingerprint density at radius 1 is 1.28 bits per heavy atom. The molecule has 0 spiro atoms. The fourth-order valence-electron chi connectivity index (χ4n) is 2.84. The van der Waals surface area contributed by atoms with Crippen molar-refractivity contribution in [3.05, 3.63) is 65.5 Å². The number of pyridine rings is 1. The molecule has 2 amide bonds. The molecule has 7 heteroatoms. The molecule has 2 heterocycles. The molecule has 2 aromatic rings. The molecule has 1 aromatic heterocycles. The van der Waals surface area contributed by atoms with Crippen LogP contribution in [0.3, 0.4) is 0 Å². The minimum absolute atomic E-state index is 0.217. The topological polar surface area (TPSA) is 62.3 Å². The van der Waals surface area contributed by atoms with Crippen LogP contribution in [-0.2, 0) is 11.3 Å². The second kappa shape index (κ2) is 7.38.